The van der Waals surface area contributed by atoms with Gasteiger partial charge in [-0.1, -0.05) is 49.5 Å². The fourth-order valence-corrected chi connectivity index (χ4v) is 3.82. The van der Waals surface area contributed by atoms with Gasteiger partial charge in [-0.3, -0.25) is 0 Å². The summed E-state index contributed by atoms with van der Waals surface area (Å²) in [6.07, 6.45) is 13.7. The third-order valence-electron chi connectivity index (χ3n) is 4.85. The summed E-state index contributed by atoms with van der Waals surface area (Å²) in [5.41, 5.74) is 4.82. The minimum atomic E-state index is 0.857. The summed E-state index contributed by atoms with van der Waals surface area (Å²) in [6, 6.07) is 0. The van der Waals surface area contributed by atoms with Gasteiger partial charge in [0.05, 0.1) is 0 Å². The average molecular weight is 245 g/mol. The molecule has 1 saturated carbocycles. The van der Waals surface area contributed by atoms with Crippen molar-refractivity contribution in [3.63, 3.8) is 0 Å². The van der Waals surface area contributed by atoms with Gasteiger partial charge in [-0.25, -0.2) is 0 Å². The van der Waals surface area contributed by atoms with Crippen LogP contribution in [0.1, 0.15) is 71.1 Å². The van der Waals surface area contributed by atoms with E-state index in [2.05, 4.69) is 20.4 Å². The van der Waals surface area contributed by atoms with Gasteiger partial charge in [0.25, 0.3) is 0 Å². The Kier molecular flexibility index (Phi) is 5.09. The van der Waals surface area contributed by atoms with Crippen molar-refractivity contribution in [1.82, 2.24) is 0 Å². The Bertz CT molecular complexity index is 321. The second kappa shape index (κ2) is 6.59. The molecule has 0 N–H and O–H groups in total. The topological polar surface area (TPSA) is 0 Å². The Balaban J connectivity index is 1.93. The average Bonchev–Trinajstić information content (AvgIpc) is 2.95. The predicted molar refractivity (Wildman–Crippen MR) is 80.3 cm³/mol. The molecule has 0 heterocycles. The first-order valence-corrected chi connectivity index (χ1v) is 7.91. The van der Waals surface area contributed by atoms with Crippen molar-refractivity contribution in [2.75, 3.05) is 0 Å². The van der Waals surface area contributed by atoms with Crippen molar-refractivity contribution in [3.05, 3.63) is 30.2 Å². The number of allylic oxidation sites excluding steroid dienone is 3. The van der Waals surface area contributed by atoms with E-state index in [0.717, 1.165) is 23.8 Å². The van der Waals surface area contributed by atoms with Crippen LogP contribution in [0.25, 0.3) is 0 Å². The molecule has 18 heavy (non-hydrogen) atoms. The quantitative estimate of drug-likeness (QED) is 0.371. The minimum Gasteiger partial charge on any atom is -0.0999 e. The van der Waals surface area contributed by atoms with Crippen molar-refractivity contribution in [3.8, 4) is 0 Å². The fourth-order valence-electron chi connectivity index (χ4n) is 3.82. The molecular formula is C18H29. The molecule has 2 unspecified atom stereocenters. The summed E-state index contributed by atoms with van der Waals surface area (Å²) < 4.78 is 0. The highest BCUT2D eigenvalue weighted by Gasteiger charge is 2.33. The maximum atomic E-state index is 3.97. The smallest absolute Gasteiger partial charge is 0.0197 e. The Labute approximate surface area is 114 Å². The molecule has 0 aromatic heterocycles. The number of fused-ring (bicyclic) bond motifs is 2. The van der Waals surface area contributed by atoms with E-state index in [4.69, 9.17) is 0 Å². The van der Waals surface area contributed by atoms with Gasteiger partial charge in [-0.15, -0.1) is 0 Å². The molecule has 0 amide bonds. The van der Waals surface area contributed by atoms with Gasteiger partial charge < -0.3 is 0 Å². The minimum absolute atomic E-state index is 0.857. The summed E-state index contributed by atoms with van der Waals surface area (Å²) in [6.45, 7) is 10.2. The number of hydrogen-bond donors (Lipinski definition) is 0. The van der Waals surface area contributed by atoms with Crippen molar-refractivity contribution < 1.29 is 0 Å². The summed E-state index contributed by atoms with van der Waals surface area (Å²) in [5, 5.41) is 0. The molecule has 1 radical (unpaired) electrons. The van der Waals surface area contributed by atoms with Crippen LogP contribution in [-0.2, 0) is 0 Å². The van der Waals surface area contributed by atoms with Crippen molar-refractivity contribution in [2.45, 2.75) is 71.1 Å². The van der Waals surface area contributed by atoms with E-state index in [0.29, 0.717) is 0 Å². The zero-order chi connectivity index (χ0) is 13.0. The van der Waals surface area contributed by atoms with E-state index < -0.39 is 0 Å². The Hall–Kier alpha value is -0.520. The Morgan fingerprint density at radius 2 is 2.11 bits per heavy atom. The monoisotopic (exact) mass is 245 g/mol. The van der Waals surface area contributed by atoms with Gasteiger partial charge in [0, 0.05) is 0 Å². The highest BCUT2D eigenvalue weighted by Crippen LogP contribution is 2.48. The SMILES string of the molecule is [CH2]C(=C)CCC(CCCCC)C1=C2CCC(C2)C1. The molecule has 101 valence electrons. The lowest BCUT2D eigenvalue weighted by atomic mass is 9.82. The van der Waals surface area contributed by atoms with Crippen LogP contribution in [0.3, 0.4) is 0 Å². The lowest BCUT2D eigenvalue weighted by molar-refractivity contribution is 0.446. The highest BCUT2D eigenvalue weighted by molar-refractivity contribution is 5.28. The second-order valence-corrected chi connectivity index (χ2v) is 6.42. The van der Waals surface area contributed by atoms with Gasteiger partial charge in [-0.2, -0.15) is 0 Å². The molecule has 0 aromatic rings. The van der Waals surface area contributed by atoms with Crippen LogP contribution in [0.5, 0.6) is 0 Å². The molecule has 0 spiro atoms. The number of rotatable bonds is 8. The molecule has 0 aliphatic heterocycles. The second-order valence-electron chi connectivity index (χ2n) is 6.42. The molecule has 0 nitrogen and oxygen atoms in total. The zero-order valence-corrected chi connectivity index (χ0v) is 12.1. The molecule has 0 saturated heterocycles. The molecule has 1 fully saturated rings. The van der Waals surface area contributed by atoms with E-state index in [1.54, 1.807) is 0 Å². The molecule has 0 aromatic carbocycles. The zero-order valence-electron chi connectivity index (χ0n) is 12.1. The first kappa shape index (κ1) is 13.9. The molecule has 2 rings (SSSR count). The van der Waals surface area contributed by atoms with Crippen LogP contribution in [0.2, 0.25) is 0 Å². The summed E-state index contributed by atoms with van der Waals surface area (Å²) in [7, 11) is 0. The van der Waals surface area contributed by atoms with E-state index in [1.807, 2.05) is 11.1 Å². The summed E-state index contributed by atoms with van der Waals surface area (Å²) in [4.78, 5) is 0. The van der Waals surface area contributed by atoms with Crippen LogP contribution in [0.15, 0.2) is 23.3 Å². The normalized spacial score (nSPS) is 23.8. The van der Waals surface area contributed by atoms with Crippen LogP contribution in [-0.4, -0.2) is 0 Å². The maximum absolute atomic E-state index is 3.97. The molecule has 0 heteroatoms. The molecular weight excluding hydrogens is 216 g/mol. The molecule has 2 aliphatic carbocycles. The summed E-state index contributed by atoms with van der Waals surface area (Å²) >= 11 is 0. The predicted octanol–water partition coefficient (Wildman–Crippen LogP) is 5.85. The van der Waals surface area contributed by atoms with E-state index in [-0.39, 0.29) is 0 Å². The number of hydrogen-bond acceptors (Lipinski definition) is 0. The molecule has 2 atom stereocenters. The Morgan fingerprint density at radius 3 is 2.67 bits per heavy atom. The molecule has 2 bridgehead atoms. The van der Waals surface area contributed by atoms with Gasteiger partial charge >= 0.3 is 0 Å². The lowest BCUT2D eigenvalue weighted by Crippen LogP contribution is -2.08. The lowest BCUT2D eigenvalue weighted by Gasteiger charge is -2.23. The molecule has 2 aliphatic rings. The van der Waals surface area contributed by atoms with Crippen molar-refractivity contribution in [1.29, 1.82) is 0 Å². The third kappa shape index (κ3) is 3.49. The van der Waals surface area contributed by atoms with Crippen LogP contribution in [0.4, 0.5) is 0 Å². The van der Waals surface area contributed by atoms with Crippen LogP contribution >= 0.6 is 0 Å². The maximum Gasteiger partial charge on any atom is -0.0197 e. The first-order valence-electron chi connectivity index (χ1n) is 7.91. The largest absolute Gasteiger partial charge is 0.0999 e. The van der Waals surface area contributed by atoms with E-state index in [1.165, 1.54) is 57.8 Å². The third-order valence-corrected chi connectivity index (χ3v) is 4.85. The van der Waals surface area contributed by atoms with Crippen molar-refractivity contribution in [2.24, 2.45) is 11.8 Å². The van der Waals surface area contributed by atoms with Gasteiger partial charge in [-0.05, 0) is 63.7 Å². The van der Waals surface area contributed by atoms with Crippen LogP contribution < -0.4 is 0 Å². The number of unbranched alkanes of at least 4 members (excludes halogenated alkanes) is 2. The van der Waals surface area contributed by atoms with Gasteiger partial charge in [0.15, 0.2) is 0 Å². The Morgan fingerprint density at radius 1 is 1.28 bits per heavy atom. The standard InChI is InChI=1S/C18H29/c1-4-5-6-7-16(10-8-14(2)3)18-13-15-9-11-17(18)12-15/h15-16H,2-13H2,1H3. The van der Waals surface area contributed by atoms with E-state index in [9.17, 15) is 0 Å². The summed E-state index contributed by atoms with van der Waals surface area (Å²) in [5.74, 6) is 1.88. The fraction of sp³-hybridized carbons (Fsp3) is 0.722. The highest BCUT2D eigenvalue weighted by atomic mass is 14.4. The van der Waals surface area contributed by atoms with Crippen LogP contribution in [0, 0.1) is 18.8 Å². The van der Waals surface area contributed by atoms with Gasteiger partial charge in [0.1, 0.15) is 0 Å². The van der Waals surface area contributed by atoms with E-state index >= 15 is 0 Å². The van der Waals surface area contributed by atoms with Crippen molar-refractivity contribution >= 4 is 0 Å². The first-order chi connectivity index (χ1) is 8.70. The van der Waals surface area contributed by atoms with Gasteiger partial charge in [0.2, 0.25) is 0 Å².